The van der Waals surface area contributed by atoms with Crippen molar-refractivity contribution in [1.82, 2.24) is 60.7 Å². The van der Waals surface area contributed by atoms with Crippen molar-refractivity contribution in [2.45, 2.75) is 158 Å². The third-order valence-electron chi connectivity index (χ3n) is 10.8. The molecule has 8 aromatic heterocycles. The minimum Gasteiger partial charge on any atom is -0.264 e. The van der Waals surface area contributed by atoms with Gasteiger partial charge in [-0.25, -0.2) is 0 Å². The number of aromatic nitrogens is 12. The van der Waals surface area contributed by atoms with Crippen LogP contribution in [-0.2, 0) is 0 Å². The summed E-state index contributed by atoms with van der Waals surface area (Å²) >= 11 is 0. The summed E-state index contributed by atoms with van der Waals surface area (Å²) < 4.78 is 0. The molecule has 12 nitrogen and oxygen atoms in total. The van der Waals surface area contributed by atoms with Crippen molar-refractivity contribution in [3.63, 3.8) is 0 Å². The van der Waals surface area contributed by atoms with Crippen LogP contribution in [0.2, 0.25) is 0 Å². The van der Waals surface area contributed by atoms with Gasteiger partial charge in [0.25, 0.3) is 0 Å². The fraction of sp³-hybridized carbons (Fsp3) is 0.462. The van der Waals surface area contributed by atoms with Crippen molar-refractivity contribution >= 4 is 43.4 Å². The number of rotatable bonds is 8. The van der Waals surface area contributed by atoms with Gasteiger partial charge in [0.1, 0.15) is 0 Å². The van der Waals surface area contributed by atoms with E-state index in [1.807, 2.05) is 61.4 Å². The van der Waals surface area contributed by atoms with Crippen LogP contribution in [0.5, 0.6) is 0 Å². The second-order valence-electron chi connectivity index (χ2n) is 18.8. The van der Waals surface area contributed by atoms with Crippen molar-refractivity contribution in [3.05, 3.63) is 119 Å². The van der Waals surface area contributed by atoms with E-state index in [0.29, 0.717) is 47.3 Å². The lowest BCUT2D eigenvalue weighted by Gasteiger charge is -2.12. The van der Waals surface area contributed by atoms with Crippen LogP contribution in [0.4, 0.5) is 0 Å². The van der Waals surface area contributed by atoms with Crippen molar-refractivity contribution in [2.24, 2.45) is 0 Å². The fourth-order valence-electron chi connectivity index (χ4n) is 7.46. The average molecular weight is 861 g/mol. The Labute approximate surface area is 380 Å². The molecule has 0 saturated heterocycles. The quantitative estimate of drug-likeness (QED) is 0.143. The van der Waals surface area contributed by atoms with Crippen LogP contribution in [0.3, 0.4) is 0 Å². The number of nitrogens with zero attached hydrogens (tertiary/aromatic N) is 12. The Morgan fingerprint density at radius 3 is 0.797 bits per heavy atom. The maximum atomic E-state index is 4.44. The molecular formula is C52H68N12. The maximum absolute atomic E-state index is 4.44. The molecule has 64 heavy (non-hydrogen) atoms. The van der Waals surface area contributed by atoms with E-state index in [9.17, 15) is 0 Å². The first-order valence-corrected chi connectivity index (χ1v) is 22.9. The molecule has 12 heteroatoms. The summed E-state index contributed by atoms with van der Waals surface area (Å²) in [5.41, 5.74) is 10.2. The van der Waals surface area contributed by atoms with Gasteiger partial charge in [0.05, 0.1) is 56.6 Å². The molecule has 0 unspecified atom stereocenters. The summed E-state index contributed by atoms with van der Waals surface area (Å²) in [5, 5.41) is 41.6. The Kier molecular flexibility index (Phi) is 16.9. The molecule has 0 spiro atoms. The number of hydrogen-bond donors (Lipinski definition) is 0. The maximum Gasteiger partial charge on any atom is 0.0957 e. The summed E-state index contributed by atoms with van der Waals surface area (Å²) in [7, 11) is 0. The normalized spacial score (nSPS) is 11.6. The van der Waals surface area contributed by atoms with Crippen LogP contribution in [0, 0.1) is 0 Å². The van der Waals surface area contributed by atoms with E-state index < -0.39 is 0 Å². The average Bonchev–Trinajstić information content (AvgIpc) is 3.27. The molecular weight excluding hydrogens is 793 g/mol. The molecule has 0 amide bonds. The van der Waals surface area contributed by atoms with Gasteiger partial charge >= 0.3 is 0 Å². The smallest absolute Gasteiger partial charge is 0.0957 e. The van der Waals surface area contributed by atoms with Crippen LogP contribution in [0.1, 0.15) is 204 Å². The molecule has 0 aliphatic heterocycles. The topological polar surface area (TPSA) is 155 Å². The SMILES string of the molecule is CC(C)c1nnc(C(C)C)c2cnccc12.CC(C)c1nnc(C(C)C)c2cnccc12.CC(C)c1nnc(C(C)C)c2ncccc12.CC(C)c1nnc(C(C)C)c2ncccc12. The third-order valence-corrected chi connectivity index (χ3v) is 10.8. The minimum atomic E-state index is 0.353. The van der Waals surface area contributed by atoms with Crippen LogP contribution >= 0.6 is 0 Å². The highest BCUT2D eigenvalue weighted by atomic mass is 15.1. The minimum absolute atomic E-state index is 0.353. The second kappa shape index (κ2) is 22.0. The first-order valence-electron chi connectivity index (χ1n) is 22.9. The predicted octanol–water partition coefficient (Wildman–Crippen LogP) is 13.1. The lowest BCUT2D eigenvalue weighted by atomic mass is 10.00. The molecule has 0 aliphatic rings. The molecule has 8 heterocycles. The van der Waals surface area contributed by atoms with Gasteiger partial charge in [0, 0.05) is 69.5 Å². The van der Waals surface area contributed by atoms with Gasteiger partial charge in [0.15, 0.2) is 0 Å². The molecule has 336 valence electrons. The molecule has 0 bridgehead atoms. The summed E-state index contributed by atoms with van der Waals surface area (Å²) in [6.45, 7) is 34.1. The zero-order valence-electron chi connectivity index (χ0n) is 40.9. The highest BCUT2D eigenvalue weighted by Crippen LogP contribution is 2.30. The number of hydrogen-bond acceptors (Lipinski definition) is 12. The molecule has 8 rings (SSSR count). The Bertz CT molecular complexity index is 2210. The van der Waals surface area contributed by atoms with Crippen LogP contribution < -0.4 is 0 Å². The molecule has 0 N–H and O–H groups in total. The van der Waals surface area contributed by atoms with E-state index in [1.165, 1.54) is 10.8 Å². The van der Waals surface area contributed by atoms with Crippen molar-refractivity contribution in [2.75, 3.05) is 0 Å². The summed E-state index contributed by atoms with van der Waals surface area (Å²) in [6, 6.07) is 12.1. The van der Waals surface area contributed by atoms with Gasteiger partial charge in [0.2, 0.25) is 0 Å². The molecule has 0 aromatic carbocycles. The highest BCUT2D eigenvalue weighted by molar-refractivity contribution is 5.87. The molecule has 0 aliphatic carbocycles. The number of pyridine rings is 4. The molecule has 0 saturated carbocycles. The van der Waals surface area contributed by atoms with E-state index >= 15 is 0 Å². The summed E-state index contributed by atoms with van der Waals surface area (Å²) in [4.78, 5) is 17.3. The lowest BCUT2D eigenvalue weighted by Crippen LogP contribution is -2.04. The summed E-state index contributed by atoms with van der Waals surface area (Å²) in [5.74, 6) is 2.98. The van der Waals surface area contributed by atoms with Gasteiger partial charge in [-0.15, -0.1) is 0 Å². The zero-order chi connectivity index (χ0) is 46.8. The summed E-state index contributed by atoms with van der Waals surface area (Å²) in [6.07, 6.45) is 11.1. The lowest BCUT2D eigenvalue weighted by molar-refractivity contribution is 0.747. The van der Waals surface area contributed by atoms with Crippen molar-refractivity contribution < 1.29 is 0 Å². The van der Waals surface area contributed by atoms with Crippen LogP contribution in [0.25, 0.3) is 43.4 Å². The third kappa shape index (κ3) is 11.4. The van der Waals surface area contributed by atoms with E-state index in [2.05, 4.69) is 184 Å². The predicted molar refractivity (Wildman–Crippen MR) is 262 cm³/mol. The van der Waals surface area contributed by atoms with E-state index in [-0.39, 0.29) is 0 Å². The second-order valence-corrected chi connectivity index (χ2v) is 18.8. The zero-order valence-corrected chi connectivity index (χ0v) is 40.9. The van der Waals surface area contributed by atoms with Gasteiger partial charge in [-0.05, 0) is 83.7 Å². The van der Waals surface area contributed by atoms with Crippen molar-refractivity contribution in [3.8, 4) is 0 Å². The van der Waals surface area contributed by atoms with Crippen LogP contribution in [-0.4, -0.2) is 60.7 Å². The van der Waals surface area contributed by atoms with Gasteiger partial charge in [-0.2, -0.15) is 40.8 Å². The Hall–Kier alpha value is -6.04. The Morgan fingerprint density at radius 2 is 0.516 bits per heavy atom. The molecule has 0 atom stereocenters. The van der Waals surface area contributed by atoms with Gasteiger partial charge < -0.3 is 0 Å². The van der Waals surface area contributed by atoms with E-state index in [1.54, 1.807) is 0 Å². The van der Waals surface area contributed by atoms with E-state index in [0.717, 1.165) is 78.1 Å². The highest BCUT2D eigenvalue weighted by Gasteiger charge is 2.17. The fourth-order valence-corrected chi connectivity index (χ4v) is 7.46. The Morgan fingerprint density at radius 1 is 0.266 bits per heavy atom. The molecule has 8 aromatic rings. The molecule has 0 fully saturated rings. The largest absolute Gasteiger partial charge is 0.264 e. The van der Waals surface area contributed by atoms with Gasteiger partial charge in [-0.3, -0.25) is 19.9 Å². The number of fused-ring (bicyclic) bond motifs is 4. The van der Waals surface area contributed by atoms with Crippen molar-refractivity contribution in [1.29, 1.82) is 0 Å². The first-order chi connectivity index (χ1) is 30.4. The van der Waals surface area contributed by atoms with E-state index in [4.69, 9.17) is 0 Å². The monoisotopic (exact) mass is 861 g/mol. The van der Waals surface area contributed by atoms with Crippen LogP contribution in [0.15, 0.2) is 73.6 Å². The Balaban J connectivity index is 0.000000161. The standard InChI is InChI=1S/4C13H17N3/c2*1-8(2)12-10-5-6-14-7-11(10)13(9(3)4)16-15-12;2*1-8(2)11-10-6-5-7-14-13(10)12(9(3)4)16-15-11/h4*5-9H,1-4H3. The van der Waals surface area contributed by atoms with Gasteiger partial charge in [-0.1, -0.05) is 111 Å². The first kappa shape index (κ1) is 49.0. The molecule has 0 radical (unpaired) electrons.